The van der Waals surface area contributed by atoms with Crippen LogP contribution in [0.4, 0.5) is 0 Å². The van der Waals surface area contributed by atoms with Crippen molar-refractivity contribution in [3.63, 3.8) is 0 Å². The SMILES string of the molecule is O[Si](O)(O)ON(O[Si](O)(O)O)O[Si](O)(O)O.[AlH3]. The summed E-state index contributed by atoms with van der Waals surface area (Å²) >= 11 is 0. The Balaban J connectivity index is 0. The fourth-order valence-electron chi connectivity index (χ4n) is 0.356. The molecular weight excluding hydrogens is 317 g/mol. The second kappa shape index (κ2) is 6.72. The topological polar surface area (TPSA) is 213 Å². The van der Waals surface area contributed by atoms with E-state index in [0.717, 1.165) is 0 Å². The first-order chi connectivity index (χ1) is 6.79. The summed E-state index contributed by atoms with van der Waals surface area (Å²) in [7, 11) is -16.1. The van der Waals surface area contributed by atoms with Gasteiger partial charge in [-0.1, -0.05) is 0 Å². The van der Waals surface area contributed by atoms with Gasteiger partial charge in [0.1, 0.15) is 0 Å². The van der Waals surface area contributed by atoms with Crippen molar-refractivity contribution in [1.82, 2.24) is 5.39 Å². The highest BCUT2D eigenvalue weighted by atomic mass is 28.4. The average Bonchev–Trinajstić information content (AvgIpc) is 1.70. The van der Waals surface area contributed by atoms with Gasteiger partial charge < -0.3 is 43.2 Å². The van der Waals surface area contributed by atoms with Crippen molar-refractivity contribution >= 4 is 44.5 Å². The molecule has 0 bridgehead atoms. The Morgan fingerprint density at radius 1 is 0.529 bits per heavy atom. The molecule has 0 heterocycles. The Hall–Kier alpha value is 0.663. The molecule has 104 valence electrons. The molecule has 0 radical (unpaired) electrons. The lowest BCUT2D eigenvalue weighted by atomic mass is 13.0. The zero-order valence-corrected chi connectivity index (χ0v) is 10.2. The van der Waals surface area contributed by atoms with E-state index in [-0.39, 0.29) is 17.4 Å². The van der Waals surface area contributed by atoms with Crippen LogP contribution in [0.25, 0.3) is 0 Å². The monoisotopic (exact) mass is 329 g/mol. The van der Waals surface area contributed by atoms with Gasteiger partial charge >= 0.3 is 27.1 Å². The van der Waals surface area contributed by atoms with Crippen LogP contribution in [0.1, 0.15) is 0 Å². The average molecular weight is 329 g/mol. The van der Waals surface area contributed by atoms with Gasteiger partial charge in [0.2, 0.25) is 0 Å². The molecule has 0 aromatic heterocycles. The Kier molecular flexibility index (Phi) is 7.90. The molecule has 9 N–H and O–H groups in total. The highest BCUT2D eigenvalue weighted by Crippen LogP contribution is 2.07. The van der Waals surface area contributed by atoms with E-state index < -0.39 is 32.5 Å². The summed E-state index contributed by atoms with van der Waals surface area (Å²) in [4.78, 5) is 75.1. The van der Waals surface area contributed by atoms with Gasteiger partial charge in [0.05, 0.1) is 5.39 Å². The van der Waals surface area contributed by atoms with E-state index in [1.165, 1.54) is 0 Å². The molecule has 0 aromatic rings. The van der Waals surface area contributed by atoms with E-state index in [1.54, 1.807) is 0 Å². The van der Waals surface area contributed by atoms with Crippen molar-refractivity contribution in [1.29, 1.82) is 0 Å². The molecule has 0 atom stereocenters. The predicted molar refractivity (Wildman–Crippen MR) is 52.3 cm³/mol. The highest BCUT2D eigenvalue weighted by molar-refractivity contribution is 6.50. The van der Waals surface area contributed by atoms with Gasteiger partial charge in [0.25, 0.3) is 0 Å². The summed E-state index contributed by atoms with van der Waals surface area (Å²) in [6.07, 6.45) is 0. The van der Waals surface area contributed by atoms with Crippen LogP contribution in [0.2, 0.25) is 0 Å². The number of hydrogen-bond donors (Lipinski definition) is 9. The van der Waals surface area contributed by atoms with Gasteiger partial charge in [-0.15, -0.1) is 0 Å². The Morgan fingerprint density at radius 2 is 0.706 bits per heavy atom. The summed E-state index contributed by atoms with van der Waals surface area (Å²) in [6.45, 7) is 0. The molecule has 0 amide bonds. The summed E-state index contributed by atoms with van der Waals surface area (Å²) in [5.41, 5.74) is 0. The quantitative estimate of drug-likeness (QED) is 0.164. The molecule has 0 spiro atoms. The molecule has 0 aliphatic carbocycles. The van der Waals surface area contributed by atoms with E-state index in [9.17, 15) is 0 Å². The van der Waals surface area contributed by atoms with Gasteiger partial charge in [-0.05, 0) is 0 Å². The van der Waals surface area contributed by atoms with Crippen molar-refractivity contribution in [3.05, 3.63) is 0 Å². The summed E-state index contributed by atoms with van der Waals surface area (Å²) in [5.74, 6) is 0. The van der Waals surface area contributed by atoms with Gasteiger partial charge in [0.15, 0.2) is 17.4 Å². The lowest BCUT2D eigenvalue weighted by Crippen LogP contribution is -2.56. The smallest absolute Gasteiger partial charge is 0.367 e. The van der Waals surface area contributed by atoms with Gasteiger partial charge in [0, 0.05) is 0 Å². The third-order valence-corrected chi connectivity index (χ3v) is 1.77. The molecule has 17 heavy (non-hydrogen) atoms. The summed E-state index contributed by atoms with van der Waals surface area (Å²) < 4.78 is 10.5. The normalized spacial score (nSPS) is 13.8. The maximum absolute atomic E-state index is 8.35. The standard InChI is InChI=1S/Al.H9NO12Si3.3H/c;2-14(3,4)11-1(12-15(5,6)7)13-16(8,9)10;;;/h;2-10H;;;. The molecule has 0 fully saturated rings. The highest BCUT2D eigenvalue weighted by Gasteiger charge is 2.47. The molecule has 0 aliphatic heterocycles. The number of nitrogens with zero attached hydrogens (tertiary/aromatic N) is 1. The zero-order chi connectivity index (χ0) is 13.2. The zero-order valence-electron chi connectivity index (χ0n) is 7.20. The molecular formula is H12AlNO12Si3. The lowest BCUT2D eigenvalue weighted by molar-refractivity contribution is -0.468. The molecule has 0 saturated carbocycles. The molecule has 17 heteroatoms. The van der Waals surface area contributed by atoms with Gasteiger partial charge in [-0.25, -0.2) is 13.6 Å². The minimum atomic E-state index is -5.37. The fraction of sp³-hybridized carbons (Fsp3) is 0. The van der Waals surface area contributed by atoms with Crippen LogP contribution in [0, 0.1) is 0 Å². The van der Waals surface area contributed by atoms with Crippen LogP contribution < -0.4 is 0 Å². The van der Waals surface area contributed by atoms with Crippen LogP contribution in [0.15, 0.2) is 0 Å². The van der Waals surface area contributed by atoms with E-state index in [1.807, 2.05) is 0 Å². The van der Waals surface area contributed by atoms with Crippen LogP contribution in [-0.2, 0) is 13.6 Å². The second-order valence-corrected chi connectivity index (χ2v) is 6.21. The van der Waals surface area contributed by atoms with Crippen LogP contribution >= 0.6 is 0 Å². The predicted octanol–water partition coefficient (Wildman–Crippen LogP) is -7.86. The number of hydrogen-bond acceptors (Lipinski definition) is 13. The minimum absolute atomic E-state index is 0. The second-order valence-electron chi connectivity index (χ2n) is 2.22. The van der Waals surface area contributed by atoms with Crippen LogP contribution in [0.5, 0.6) is 0 Å². The first-order valence-electron chi connectivity index (χ1n) is 3.17. The maximum atomic E-state index is 8.35. The molecule has 13 nitrogen and oxygen atoms in total. The fourth-order valence-corrected chi connectivity index (χ4v) is 1.40. The first kappa shape index (κ1) is 20.0. The molecule has 0 aliphatic rings. The summed E-state index contributed by atoms with van der Waals surface area (Å²) in [5, 5.41) is -0.940. The van der Waals surface area contributed by atoms with E-state index in [2.05, 4.69) is 13.6 Å². The van der Waals surface area contributed by atoms with Gasteiger partial charge in [-0.2, -0.15) is 0 Å². The van der Waals surface area contributed by atoms with Crippen molar-refractivity contribution < 1.29 is 56.7 Å². The third kappa shape index (κ3) is 14.6. The Bertz CT molecular complexity index is 175. The Morgan fingerprint density at radius 3 is 0.824 bits per heavy atom. The molecule has 0 saturated heterocycles. The maximum Gasteiger partial charge on any atom is 0.692 e. The molecule has 0 unspecified atom stereocenters. The molecule has 0 aromatic carbocycles. The largest absolute Gasteiger partial charge is 0.692 e. The minimum Gasteiger partial charge on any atom is -0.367 e. The lowest BCUT2D eigenvalue weighted by Gasteiger charge is -2.25. The van der Waals surface area contributed by atoms with Crippen molar-refractivity contribution in [2.45, 2.75) is 0 Å². The van der Waals surface area contributed by atoms with E-state index >= 15 is 0 Å². The van der Waals surface area contributed by atoms with Crippen molar-refractivity contribution in [2.75, 3.05) is 0 Å². The third-order valence-electron chi connectivity index (χ3n) is 0.591. The Labute approximate surface area is 107 Å². The van der Waals surface area contributed by atoms with Crippen molar-refractivity contribution in [3.8, 4) is 0 Å². The summed E-state index contributed by atoms with van der Waals surface area (Å²) in [6, 6.07) is 0. The van der Waals surface area contributed by atoms with Crippen LogP contribution in [-0.4, -0.2) is 93.1 Å². The number of rotatable bonds is 6. The van der Waals surface area contributed by atoms with Crippen molar-refractivity contribution in [2.24, 2.45) is 0 Å². The molecule has 0 rings (SSSR count). The first-order valence-corrected chi connectivity index (χ1v) is 8.42. The van der Waals surface area contributed by atoms with Gasteiger partial charge in [-0.3, -0.25) is 0 Å². The van der Waals surface area contributed by atoms with E-state index in [0.29, 0.717) is 0 Å². The van der Waals surface area contributed by atoms with Crippen LogP contribution in [0.3, 0.4) is 0 Å². The van der Waals surface area contributed by atoms with E-state index in [4.69, 9.17) is 43.2 Å².